The maximum absolute atomic E-state index is 12.4. The molecule has 7 heteroatoms. The molecule has 122 valence electrons. The Balaban J connectivity index is 1.63. The van der Waals surface area contributed by atoms with Crippen molar-refractivity contribution in [1.29, 1.82) is 0 Å². The van der Waals surface area contributed by atoms with Gasteiger partial charge < -0.3 is 9.80 Å². The molecule has 1 aromatic carbocycles. The van der Waals surface area contributed by atoms with Gasteiger partial charge in [-0.15, -0.1) is 0 Å². The molecule has 1 aromatic rings. The van der Waals surface area contributed by atoms with Crippen molar-refractivity contribution < 1.29 is 9.59 Å². The molecule has 2 aliphatic heterocycles. The SMILES string of the molecule is Cc1ccc(Cl)cc1N1CCN(C(=O)C2=NNC(=O)CC2)CC1. The Morgan fingerprint density at radius 2 is 1.96 bits per heavy atom. The molecule has 1 saturated heterocycles. The Bertz CT molecular complexity index is 666. The highest BCUT2D eigenvalue weighted by atomic mass is 35.5. The Morgan fingerprint density at radius 3 is 2.61 bits per heavy atom. The zero-order valence-electron chi connectivity index (χ0n) is 13.0. The van der Waals surface area contributed by atoms with Crippen LogP contribution in [-0.2, 0) is 9.59 Å². The summed E-state index contributed by atoms with van der Waals surface area (Å²) in [6, 6.07) is 5.86. The van der Waals surface area contributed by atoms with E-state index in [9.17, 15) is 9.59 Å². The van der Waals surface area contributed by atoms with Crippen molar-refractivity contribution in [2.45, 2.75) is 19.8 Å². The van der Waals surface area contributed by atoms with Crippen molar-refractivity contribution >= 4 is 34.8 Å². The Kier molecular flexibility index (Phi) is 4.52. The van der Waals surface area contributed by atoms with Gasteiger partial charge >= 0.3 is 0 Å². The van der Waals surface area contributed by atoms with E-state index in [-0.39, 0.29) is 11.8 Å². The van der Waals surface area contributed by atoms with Crippen LogP contribution in [0, 0.1) is 6.92 Å². The van der Waals surface area contributed by atoms with Gasteiger partial charge in [0.2, 0.25) is 5.91 Å². The Hall–Kier alpha value is -2.08. The van der Waals surface area contributed by atoms with Crippen molar-refractivity contribution in [2.24, 2.45) is 5.10 Å². The van der Waals surface area contributed by atoms with Crippen LogP contribution in [0.3, 0.4) is 0 Å². The zero-order chi connectivity index (χ0) is 16.4. The van der Waals surface area contributed by atoms with E-state index in [1.807, 2.05) is 18.2 Å². The first kappa shape index (κ1) is 15.8. The number of amides is 2. The average molecular weight is 335 g/mol. The number of carbonyl (C=O) groups is 2. The number of halogens is 1. The van der Waals surface area contributed by atoms with Gasteiger partial charge in [-0.05, 0) is 24.6 Å². The monoisotopic (exact) mass is 334 g/mol. The number of aryl methyl sites for hydroxylation is 1. The predicted molar refractivity (Wildman–Crippen MR) is 89.8 cm³/mol. The molecule has 3 rings (SSSR count). The molecule has 0 unspecified atom stereocenters. The molecule has 1 fully saturated rings. The number of nitrogens with one attached hydrogen (secondary N) is 1. The molecular weight excluding hydrogens is 316 g/mol. The van der Waals surface area contributed by atoms with Crippen LogP contribution in [0.4, 0.5) is 5.69 Å². The lowest BCUT2D eigenvalue weighted by Gasteiger charge is -2.37. The topological polar surface area (TPSA) is 65.0 Å². The predicted octanol–water partition coefficient (Wildman–Crippen LogP) is 1.56. The van der Waals surface area contributed by atoms with E-state index < -0.39 is 0 Å². The number of rotatable bonds is 2. The van der Waals surface area contributed by atoms with E-state index in [0.29, 0.717) is 31.6 Å². The van der Waals surface area contributed by atoms with Gasteiger partial charge in [0, 0.05) is 49.7 Å². The smallest absolute Gasteiger partial charge is 0.270 e. The number of benzene rings is 1. The van der Waals surface area contributed by atoms with Gasteiger partial charge in [0.05, 0.1) is 0 Å². The highest BCUT2D eigenvalue weighted by Crippen LogP contribution is 2.25. The van der Waals surface area contributed by atoms with Gasteiger partial charge in [0.1, 0.15) is 5.71 Å². The van der Waals surface area contributed by atoms with Crippen LogP contribution in [0.25, 0.3) is 0 Å². The van der Waals surface area contributed by atoms with Crippen LogP contribution in [0.5, 0.6) is 0 Å². The number of piperazine rings is 1. The molecule has 2 heterocycles. The highest BCUT2D eigenvalue weighted by molar-refractivity contribution is 6.39. The van der Waals surface area contributed by atoms with Crippen molar-refractivity contribution in [3.63, 3.8) is 0 Å². The van der Waals surface area contributed by atoms with Gasteiger partial charge in [0.15, 0.2) is 0 Å². The van der Waals surface area contributed by atoms with Crippen LogP contribution >= 0.6 is 11.6 Å². The fourth-order valence-corrected chi connectivity index (χ4v) is 3.05. The maximum Gasteiger partial charge on any atom is 0.270 e. The Morgan fingerprint density at radius 1 is 1.22 bits per heavy atom. The van der Waals surface area contributed by atoms with Crippen molar-refractivity contribution in [1.82, 2.24) is 10.3 Å². The van der Waals surface area contributed by atoms with Crippen LogP contribution < -0.4 is 10.3 Å². The van der Waals surface area contributed by atoms with E-state index in [4.69, 9.17) is 11.6 Å². The third kappa shape index (κ3) is 3.47. The number of hydrogen-bond donors (Lipinski definition) is 1. The minimum atomic E-state index is -0.136. The lowest BCUT2D eigenvalue weighted by molar-refractivity contribution is -0.124. The quantitative estimate of drug-likeness (QED) is 0.892. The van der Waals surface area contributed by atoms with Gasteiger partial charge in [-0.1, -0.05) is 17.7 Å². The summed E-state index contributed by atoms with van der Waals surface area (Å²) < 4.78 is 0. The standard InChI is InChI=1S/C16H19ClN4O2/c1-11-2-3-12(17)10-14(11)20-6-8-21(9-7-20)16(23)13-4-5-15(22)19-18-13/h2-3,10H,4-9H2,1H3,(H,19,22). The number of carbonyl (C=O) groups excluding carboxylic acids is 2. The number of hydrazone groups is 1. The normalized spacial score (nSPS) is 18.5. The van der Waals surface area contributed by atoms with Gasteiger partial charge in [-0.3, -0.25) is 9.59 Å². The molecule has 0 spiro atoms. The average Bonchev–Trinajstić information content (AvgIpc) is 2.57. The second-order valence-electron chi connectivity index (χ2n) is 5.80. The van der Waals surface area contributed by atoms with E-state index >= 15 is 0 Å². The maximum atomic E-state index is 12.4. The van der Waals surface area contributed by atoms with Crippen LogP contribution in [-0.4, -0.2) is 48.6 Å². The van der Waals surface area contributed by atoms with Crippen LogP contribution in [0.1, 0.15) is 18.4 Å². The number of nitrogens with zero attached hydrogens (tertiary/aromatic N) is 3. The first-order chi connectivity index (χ1) is 11.0. The summed E-state index contributed by atoms with van der Waals surface area (Å²) in [4.78, 5) is 27.6. The summed E-state index contributed by atoms with van der Waals surface area (Å²) in [5.41, 5.74) is 5.11. The van der Waals surface area contributed by atoms with Crippen LogP contribution in [0.15, 0.2) is 23.3 Å². The lowest BCUT2D eigenvalue weighted by Crippen LogP contribution is -2.51. The lowest BCUT2D eigenvalue weighted by atomic mass is 10.1. The zero-order valence-corrected chi connectivity index (χ0v) is 13.8. The second-order valence-corrected chi connectivity index (χ2v) is 6.24. The third-order valence-corrected chi connectivity index (χ3v) is 4.47. The first-order valence-electron chi connectivity index (χ1n) is 7.70. The van der Waals surface area contributed by atoms with Crippen molar-refractivity contribution in [2.75, 3.05) is 31.1 Å². The third-order valence-electron chi connectivity index (χ3n) is 4.23. The molecule has 0 saturated carbocycles. The highest BCUT2D eigenvalue weighted by Gasteiger charge is 2.27. The minimum absolute atomic E-state index is 0.0764. The summed E-state index contributed by atoms with van der Waals surface area (Å²) >= 11 is 6.09. The number of hydrogen-bond acceptors (Lipinski definition) is 4. The molecule has 0 radical (unpaired) electrons. The molecule has 23 heavy (non-hydrogen) atoms. The molecule has 2 aliphatic rings. The summed E-state index contributed by atoms with van der Waals surface area (Å²) in [7, 11) is 0. The van der Waals surface area contributed by atoms with Crippen molar-refractivity contribution in [3.8, 4) is 0 Å². The van der Waals surface area contributed by atoms with E-state index in [1.165, 1.54) is 5.56 Å². The first-order valence-corrected chi connectivity index (χ1v) is 8.08. The molecule has 2 amide bonds. The largest absolute Gasteiger partial charge is 0.368 e. The minimum Gasteiger partial charge on any atom is -0.368 e. The van der Waals surface area contributed by atoms with E-state index in [0.717, 1.165) is 23.8 Å². The molecule has 0 atom stereocenters. The van der Waals surface area contributed by atoms with Gasteiger partial charge in [-0.25, -0.2) is 5.43 Å². The van der Waals surface area contributed by atoms with Crippen LogP contribution in [0.2, 0.25) is 5.02 Å². The summed E-state index contributed by atoms with van der Waals surface area (Å²) in [6.07, 6.45) is 0.741. The summed E-state index contributed by atoms with van der Waals surface area (Å²) in [5.74, 6) is -0.213. The molecule has 0 bridgehead atoms. The molecule has 0 aliphatic carbocycles. The molecular formula is C16H19ClN4O2. The van der Waals surface area contributed by atoms with Gasteiger partial charge in [0.25, 0.3) is 5.91 Å². The Labute approximate surface area is 140 Å². The fourth-order valence-electron chi connectivity index (χ4n) is 2.88. The molecule has 1 N–H and O–H groups in total. The summed E-state index contributed by atoms with van der Waals surface area (Å²) in [5, 5.41) is 4.60. The van der Waals surface area contributed by atoms with E-state index in [1.54, 1.807) is 4.90 Å². The van der Waals surface area contributed by atoms with E-state index in [2.05, 4.69) is 22.4 Å². The van der Waals surface area contributed by atoms with Crippen molar-refractivity contribution in [3.05, 3.63) is 28.8 Å². The molecule has 0 aromatic heterocycles. The summed E-state index contributed by atoms with van der Waals surface area (Å²) in [6.45, 7) is 4.84. The molecule has 6 nitrogen and oxygen atoms in total. The fraction of sp³-hybridized carbons (Fsp3) is 0.438. The van der Waals surface area contributed by atoms with Gasteiger partial charge in [-0.2, -0.15) is 5.10 Å². The second kappa shape index (κ2) is 6.58. The number of anilines is 1.